The van der Waals surface area contributed by atoms with Crippen LogP contribution in [-0.2, 0) is 0 Å². The average molecular weight is 516 g/mol. The lowest BCUT2D eigenvalue weighted by Gasteiger charge is -2.10. The number of hydrogen-bond donors (Lipinski definition) is 2. The molecule has 4 aromatic rings. The van der Waals surface area contributed by atoms with Crippen molar-refractivity contribution in [2.45, 2.75) is 50.6 Å². The van der Waals surface area contributed by atoms with E-state index in [9.17, 15) is 18.0 Å². The maximum Gasteiger partial charge on any atom is 0.389 e. The fraction of sp³-hybridized carbons (Fsp3) is 0.360. The van der Waals surface area contributed by atoms with Gasteiger partial charge in [0.05, 0.1) is 12.2 Å². The van der Waals surface area contributed by atoms with Crippen LogP contribution in [-0.4, -0.2) is 38.4 Å². The van der Waals surface area contributed by atoms with Crippen molar-refractivity contribution in [2.75, 3.05) is 6.61 Å². The Morgan fingerprint density at radius 1 is 1.06 bits per heavy atom. The molecule has 0 spiro atoms. The second-order valence-corrected chi connectivity index (χ2v) is 9.93. The van der Waals surface area contributed by atoms with Crippen LogP contribution in [0.25, 0.3) is 33.1 Å². The van der Waals surface area contributed by atoms with Gasteiger partial charge < -0.3 is 9.72 Å². The molecule has 0 bridgehead atoms. The monoisotopic (exact) mass is 515 g/mol. The smallest absolute Gasteiger partial charge is 0.389 e. The fourth-order valence-corrected chi connectivity index (χ4v) is 5.21. The first-order chi connectivity index (χ1) is 17.4. The molecule has 36 heavy (non-hydrogen) atoms. The van der Waals surface area contributed by atoms with E-state index in [2.05, 4.69) is 31.7 Å². The third-order valence-corrected chi connectivity index (χ3v) is 7.29. The van der Waals surface area contributed by atoms with Gasteiger partial charge >= 0.3 is 6.18 Å². The third kappa shape index (κ3) is 5.84. The van der Waals surface area contributed by atoms with Gasteiger partial charge in [0.15, 0.2) is 0 Å². The van der Waals surface area contributed by atoms with Crippen molar-refractivity contribution in [3.05, 3.63) is 57.7 Å². The zero-order valence-corrected chi connectivity index (χ0v) is 20.1. The SMILES string of the molecule is O=c1[nH]c(-c2ccc(OCCCCCC(F)(F)F)cc2)cc(-c2ccc(C3CC3)s2)c1-c1nn[nH]n1. The van der Waals surface area contributed by atoms with Gasteiger partial charge in [-0.15, -0.1) is 21.5 Å². The number of thiophene rings is 1. The number of unbranched alkanes of at least 4 members (excludes halogenated alkanes) is 2. The van der Waals surface area contributed by atoms with Gasteiger partial charge in [-0.05, 0) is 91.3 Å². The lowest BCUT2D eigenvalue weighted by molar-refractivity contribution is -0.135. The Bertz CT molecular complexity index is 1360. The molecule has 5 rings (SSSR count). The largest absolute Gasteiger partial charge is 0.494 e. The van der Waals surface area contributed by atoms with E-state index in [1.54, 1.807) is 23.5 Å². The Labute approximate surface area is 208 Å². The van der Waals surface area contributed by atoms with Crippen LogP contribution in [0.5, 0.6) is 5.75 Å². The van der Waals surface area contributed by atoms with Crippen molar-refractivity contribution in [3.8, 4) is 38.8 Å². The normalized spacial score (nSPS) is 13.8. The van der Waals surface area contributed by atoms with Crippen LogP contribution in [0.1, 0.15) is 49.3 Å². The first-order valence-corrected chi connectivity index (χ1v) is 12.6. The van der Waals surface area contributed by atoms with Crippen LogP contribution in [0.15, 0.2) is 47.3 Å². The van der Waals surface area contributed by atoms with Crippen molar-refractivity contribution < 1.29 is 17.9 Å². The lowest BCUT2D eigenvalue weighted by atomic mass is 10.0. The van der Waals surface area contributed by atoms with E-state index < -0.39 is 12.6 Å². The van der Waals surface area contributed by atoms with Crippen LogP contribution >= 0.6 is 11.3 Å². The number of hydrogen-bond acceptors (Lipinski definition) is 6. The summed E-state index contributed by atoms with van der Waals surface area (Å²) in [5, 5.41) is 14.1. The molecule has 2 N–H and O–H groups in total. The van der Waals surface area contributed by atoms with Crippen molar-refractivity contribution >= 4 is 11.3 Å². The minimum atomic E-state index is -4.11. The molecule has 3 heterocycles. The molecule has 1 saturated carbocycles. The van der Waals surface area contributed by atoms with Gasteiger partial charge in [-0.3, -0.25) is 4.79 Å². The van der Waals surface area contributed by atoms with Crippen LogP contribution in [0.2, 0.25) is 0 Å². The molecule has 1 aromatic carbocycles. The zero-order valence-electron chi connectivity index (χ0n) is 19.3. The molecule has 0 saturated heterocycles. The van der Waals surface area contributed by atoms with Crippen molar-refractivity contribution in [1.29, 1.82) is 0 Å². The maximum absolute atomic E-state index is 13.1. The van der Waals surface area contributed by atoms with Gasteiger partial charge in [0.2, 0.25) is 5.82 Å². The van der Waals surface area contributed by atoms with Gasteiger partial charge in [-0.25, -0.2) is 0 Å². The molecular formula is C25H24F3N5O2S. The fourth-order valence-electron chi connectivity index (χ4n) is 4.01. The van der Waals surface area contributed by atoms with E-state index >= 15 is 0 Å². The predicted molar refractivity (Wildman–Crippen MR) is 131 cm³/mol. The molecular weight excluding hydrogens is 491 g/mol. The Balaban J connectivity index is 1.33. The van der Waals surface area contributed by atoms with Crippen molar-refractivity contribution in [1.82, 2.24) is 25.6 Å². The Hall–Kier alpha value is -3.47. The van der Waals surface area contributed by atoms with Crippen molar-refractivity contribution in [3.63, 3.8) is 0 Å². The van der Waals surface area contributed by atoms with Gasteiger partial charge in [-0.1, -0.05) is 0 Å². The average Bonchev–Trinajstić information content (AvgIpc) is 3.34. The molecule has 0 atom stereocenters. The highest BCUT2D eigenvalue weighted by Crippen LogP contribution is 2.46. The highest BCUT2D eigenvalue weighted by Gasteiger charge is 2.27. The number of pyridine rings is 1. The first kappa shape index (κ1) is 24.2. The molecule has 0 radical (unpaired) electrons. The summed E-state index contributed by atoms with van der Waals surface area (Å²) in [5.74, 6) is 1.46. The number of aromatic amines is 2. The summed E-state index contributed by atoms with van der Waals surface area (Å²) in [4.78, 5) is 18.4. The molecule has 0 amide bonds. The number of benzene rings is 1. The molecule has 1 aliphatic rings. The summed E-state index contributed by atoms with van der Waals surface area (Å²) in [6, 6.07) is 13.3. The number of H-pyrrole nitrogens is 2. The van der Waals surface area contributed by atoms with Gasteiger partial charge in [0.1, 0.15) is 5.75 Å². The Morgan fingerprint density at radius 2 is 1.86 bits per heavy atom. The van der Waals surface area contributed by atoms with Gasteiger partial charge in [0.25, 0.3) is 5.56 Å². The molecule has 0 unspecified atom stereocenters. The Kier molecular flexibility index (Phi) is 6.90. The number of aromatic nitrogens is 5. The summed E-state index contributed by atoms with van der Waals surface area (Å²) in [7, 11) is 0. The minimum absolute atomic E-state index is 0.105. The second kappa shape index (κ2) is 10.3. The maximum atomic E-state index is 13.1. The molecule has 3 aromatic heterocycles. The van der Waals surface area contributed by atoms with E-state index in [1.165, 1.54) is 17.7 Å². The predicted octanol–water partition coefficient (Wildman–Crippen LogP) is 6.33. The molecule has 1 fully saturated rings. The number of alkyl halides is 3. The minimum Gasteiger partial charge on any atom is -0.494 e. The second-order valence-electron chi connectivity index (χ2n) is 8.81. The van der Waals surface area contributed by atoms with Gasteiger partial charge in [-0.2, -0.15) is 18.4 Å². The van der Waals surface area contributed by atoms with Crippen molar-refractivity contribution in [2.24, 2.45) is 0 Å². The van der Waals surface area contributed by atoms with Crippen LogP contribution in [0.4, 0.5) is 13.2 Å². The standard InChI is InChI=1S/C25H24F3N5O2S/c26-25(27,28)12-2-1-3-13-35-17-8-6-15(7-9-17)19-14-18(21-11-10-20(36-21)16-4-5-16)22(24(34)29-19)23-30-32-33-31-23/h6-11,14,16H,1-5,12-13H2,(H,29,34)(H,30,31,32,33). The van der Waals surface area contributed by atoms with E-state index in [0.717, 1.165) is 16.0 Å². The topological polar surface area (TPSA) is 96.5 Å². The number of tetrazole rings is 1. The van der Waals surface area contributed by atoms with Crippen LogP contribution in [0, 0.1) is 0 Å². The van der Waals surface area contributed by atoms with E-state index in [-0.39, 0.29) is 17.8 Å². The third-order valence-electron chi connectivity index (χ3n) is 6.01. The highest BCUT2D eigenvalue weighted by atomic mass is 32.1. The Morgan fingerprint density at radius 3 is 2.56 bits per heavy atom. The number of rotatable bonds is 10. The quantitative estimate of drug-likeness (QED) is 0.241. The van der Waals surface area contributed by atoms with E-state index in [0.29, 0.717) is 42.4 Å². The highest BCUT2D eigenvalue weighted by molar-refractivity contribution is 7.15. The summed E-state index contributed by atoms with van der Waals surface area (Å²) in [5.41, 5.74) is 2.23. The van der Waals surface area contributed by atoms with Gasteiger partial charge in [0, 0.05) is 27.4 Å². The summed E-state index contributed by atoms with van der Waals surface area (Å²) in [6.07, 6.45) is -1.37. The van der Waals surface area contributed by atoms with E-state index in [1.807, 2.05) is 24.3 Å². The molecule has 1 aliphatic carbocycles. The number of nitrogens with one attached hydrogen (secondary N) is 2. The summed E-state index contributed by atoms with van der Waals surface area (Å²) in [6.45, 7) is 0.347. The molecule has 188 valence electrons. The number of halogens is 3. The molecule has 11 heteroatoms. The zero-order chi connectivity index (χ0) is 25.1. The first-order valence-electron chi connectivity index (χ1n) is 11.8. The molecule has 0 aliphatic heterocycles. The summed E-state index contributed by atoms with van der Waals surface area (Å²) >= 11 is 1.68. The summed E-state index contributed by atoms with van der Waals surface area (Å²) < 4.78 is 42.3. The van der Waals surface area contributed by atoms with Crippen LogP contribution in [0.3, 0.4) is 0 Å². The molecule has 7 nitrogen and oxygen atoms in total. The number of ether oxygens (including phenoxy) is 1. The van der Waals surface area contributed by atoms with E-state index in [4.69, 9.17) is 4.74 Å². The van der Waals surface area contributed by atoms with Crippen LogP contribution < -0.4 is 10.3 Å². The number of nitrogens with zero attached hydrogens (tertiary/aromatic N) is 3. The lowest BCUT2D eigenvalue weighted by Crippen LogP contribution is -2.12.